The number of aromatic nitrogens is 1. The smallest absolute Gasteiger partial charge is 0.170 e. The fraction of sp³-hybridized carbons (Fsp3) is 0.267. The maximum absolute atomic E-state index is 11.2. The molecule has 0 aliphatic heterocycles. The summed E-state index contributed by atoms with van der Waals surface area (Å²) < 4.78 is 5.67. The van der Waals surface area contributed by atoms with E-state index in [1.807, 2.05) is 38.2 Å². The Bertz CT molecular complexity index is 614. The fourth-order valence-corrected chi connectivity index (χ4v) is 1.92. The second-order valence-corrected chi connectivity index (χ2v) is 4.82. The molecule has 19 heavy (non-hydrogen) atoms. The van der Waals surface area contributed by atoms with Crippen LogP contribution < -0.4 is 4.74 Å². The second-order valence-electron chi connectivity index (χ2n) is 4.55. The number of carbonyl (C=O) groups is 1. The zero-order valence-corrected chi connectivity index (χ0v) is 11.7. The van der Waals surface area contributed by atoms with Gasteiger partial charge in [-0.25, -0.2) is 0 Å². The largest absolute Gasteiger partial charge is 0.491 e. The van der Waals surface area contributed by atoms with E-state index in [9.17, 15) is 4.79 Å². The number of alkyl halides is 1. The highest BCUT2D eigenvalue weighted by Gasteiger charge is 2.05. The Morgan fingerprint density at radius 1 is 1.47 bits per heavy atom. The number of aromatic amines is 1. The summed E-state index contributed by atoms with van der Waals surface area (Å²) >= 11 is 5.46. The maximum Gasteiger partial charge on any atom is 0.170 e. The molecule has 0 spiro atoms. The maximum atomic E-state index is 11.2. The molecule has 0 radical (unpaired) electrons. The van der Waals surface area contributed by atoms with Gasteiger partial charge >= 0.3 is 0 Å². The van der Waals surface area contributed by atoms with E-state index >= 15 is 0 Å². The summed E-state index contributed by atoms with van der Waals surface area (Å²) in [6.45, 7) is 3.97. The van der Waals surface area contributed by atoms with E-state index in [1.165, 1.54) is 6.08 Å². The Balaban J connectivity index is 2.34. The van der Waals surface area contributed by atoms with E-state index in [0.29, 0.717) is 0 Å². The van der Waals surface area contributed by atoms with Crippen LogP contribution in [-0.4, -0.2) is 22.8 Å². The molecule has 1 aromatic heterocycles. The fourth-order valence-electron chi connectivity index (χ4n) is 1.83. The predicted molar refractivity (Wildman–Crippen MR) is 78.8 cm³/mol. The first-order valence-corrected chi connectivity index (χ1v) is 6.68. The zero-order valence-electron chi connectivity index (χ0n) is 10.9. The van der Waals surface area contributed by atoms with E-state index in [4.69, 9.17) is 16.3 Å². The van der Waals surface area contributed by atoms with Gasteiger partial charge in [-0.15, -0.1) is 11.6 Å². The van der Waals surface area contributed by atoms with Gasteiger partial charge in [-0.05, 0) is 44.2 Å². The highest BCUT2D eigenvalue weighted by molar-refractivity contribution is 6.29. The number of allylic oxidation sites excluding steroid dienone is 1. The number of hydrogen-bond acceptors (Lipinski definition) is 2. The zero-order chi connectivity index (χ0) is 13.8. The quantitative estimate of drug-likeness (QED) is 0.668. The summed E-state index contributed by atoms with van der Waals surface area (Å²) in [5, 5.41) is 1.02. The highest BCUT2D eigenvalue weighted by Crippen LogP contribution is 2.25. The lowest BCUT2D eigenvalue weighted by Crippen LogP contribution is -2.05. The van der Waals surface area contributed by atoms with Crippen LogP contribution in [0.15, 0.2) is 30.5 Å². The molecule has 1 N–H and O–H groups in total. The molecule has 0 saturated carbocycles. The summed E-state index contributed by atoms with van der Waals surface area (Å²) in [5.74, 6) is 0.714. The van der Waals surface area contributed by atoms with Crippen LogP contribution >= 0.6 is 11.6 Å². The first kappa shape index (κ1) is 13.7. The first-order chi connectivity index (χ1) is 9.10. The van der Waals surface area contributed by atoms with Gasteiger partial charge < -0.3 is 9.72 Å². The van der Waals surface area contributed by atoms with E-state index in [1.54, 1.807) is 6.08 Å². The van der Waals surface area contributed by atoms with Crippen molar-refractivity contribution in [2.75, 3.05) is 5.88 Å². The van der Waals surface area contributed by atoms with Crippen LogP contribution in [0.2, 0.25) is 0 Å². The van der Waals surface area contributed by atoms with Crippen LogP contribution in [0, 0.1) is 0 Å². The summed E-state index contributed by atoms with van der Waals surface area (Å²) in [7, 11) is 0. The molecule has 0 atom stereocenters. The third-order valence-corrected chi connectivity index (χ3v) is 2.90. The lowest BCUT2D eigenvalue weighted by atomic mass is 10.1. The summed E-state index contributed by atoms with van der Waals surface area (Å²) in [5.41, 5.74) is 1.96. The van der Waals surface area contributed by atoms with Gasteiger partial charge in [0.25, 0.3) is 0 Å². The summed E-state index contributed by atoms with van der Waals surface area (Å²) in [4.78, 5) is 14.4. The van der Waals surface area contributed by atoms with Gasteiger partial charge in [0.05, 0.1) is 12.0 Å². The molecule has 2 rings (SSSR count). The van der Waals surface area contributed by atoms with Crippen molar-refractivity contribution in [3.63, 3.8) is 0 Å². The number of halogens is 1. The molecule has 2 aromatic rings. The second kappa shape index (κ2) is 5.93. The third kappa shape index (κ3) is 3.38. The van der Waals surface area contributed by atoms with Gasteiger partial charge in [-0.1, -0.05) is 0 Å². The minimum atomic E-state index is -0.106. The van der Waals surface area contributed by atoms with E-state index in [2.05, 4.69) is 4.98 Å². The van der Waals surface area contributed by atoms with Crippen molar-refractivity contribution < 1.29 is 9.53 Å². The van der Waals surface area contributed by atoms with Crippen molar-refractivity contribution >= 4 is 34.4 Å². The lowest BCUT2D eigenvalue weighted by molar-refractivity contribution is -0.112. The minimum Gasteiger partial charge on any atom is -0.491 e. The van der Waals surface area contributed by atoms with Gasteiger partial charge in [0.15, 0.2) is 5.78 Å². The third-order valence-electron chi connectivity index (χ3n) is 2.64. The Labute approximate surface area is 117 Å². The van der Waals surface area contributed by atoms with Crippen molar-refractivity contribution in [1.82, 2.24) is 4.98 Å². The molecular formula is C15H16ClNO2. The van der Waals surface area contributed by atoms with Crippen molar-refractivity contribution in [2.45, 2.75) is 20.0 Å². The number of fused-ring (bicyclic) bond motifs is 1. The Kier molecular flexibility index (Phi) is 4.27. The van der Waals surface area contributed by atoms with Gasteiger partial charge in [-0.3, -0.25) is 4.79 Å². The summed E-state index contributed by atoms with van der Waals surface area (Å²) in [6, 6.07) is 5.86. The van der Waals surface area contributed by atoms with Crippen LogP contribution in [0.25, 0.3) is 17.0 Å². The lowest BCUT2D eigenvalue weighted by Gasteiger charge is -2.09. The van der Waals surface area contributed by atoms with Gasteiger partial charge in [0, 0.05) is 22.7 Å². The molecule has 0 aliphatic rings. The van der Waals surface area contributed by atoms with Crippen LogP contribution in [0.5, 0.6) is 5.75 Å². The van der Waals surface area contributed by atoms with Gasteiger partial charge in [-0.2, -0.15) is 0 Å². The van der Waals surface area contributed by atoms with Crippen LogP contribution in [0.4, 0.5) is 0 Å². The van der Waals surface area contributed by atoms with Crippen molar-refractivity contribution in [3.05, 3.63) is 36.0 Å². The van der Waals surface area contributed by atoms with E-state index < -0.39 is 0 Å². The number of hydrogen-bond donors (Lipinski definition) is 1. The number of carbonyl (C=O) groups excluding carboxylic acids is 1. The number of nitrogens with one attached hydrogen (secondary N) is 1. The monoisotopic (exact) mass is 277 g/mol. The van der Waals surface area contributed by atoms with E-state index in [0.717, 1.165) is 22.2 Å². The normalized spacial score (nSPS) is 11.6. The molecule has 0 aliphatic carbocycles. The molecule has 0 saturated heterocycles. The Morgan fingerprint density at radius 3 is 2.95 bits per heavy atom. The molecule has 0 unspecified atom stereocenters. The first-order valence-electron chi connectivity index (χ1n) is 6.15. The molecular weight excluding hydrogens is 262 g/mol. The van der Waals surface area contributed by atoms with Crippen molar-refractivity contribution in [1.29, 1.82) is 0 Å². The molecule has 0 bridgehead atoms. The standard InChI is InChI=1S/C15H16ClNO2/c1-10(2)19-13-5-6-15-14(7-13)11(9-17-15)3-4-12(18)8-16/h3-7,9-10,17H,8H2,1-2H3/b4-3+. The Morgan fingerprint density at radius 2 is 2.26 bits per heavy atom. The minimum absolute atomic E-state index is 0.000561. The Hall–Kier alpha value is -1.74. The predicted octanol–water partition coefficient (Wildman–Crippen LogP) is 3.78. The van der Waals surface area contributed by atoms with Gasteiger partial charge in [0.1, 0.15) is 5.75 Å². The average Bonchev–Trinajstić information content (AvgIpc) is 2.77. The number of ether oxygens (including phenoxy) is 1. The SMILES string of the molecule is CC(C)Oc1ccc2[nH]cc(/C=C/C(=O)CCl)c2c1. The topological polar surface area (TPSA) is 42.1 Å². The number of benzene rings is 1. The molecule has 100 valence electrons. The number of rotatable bonds is 5. The van der Waals surface area contributed by atoms with Crippen molar-refractivity contribution in [3.8, 4) is 5.75 Å². The average molecular weight is 278 g/mol. The van der Waals surface area contributed by atoms with Crippen molar-refractivity contribution in [2.24, 2.45) is 0 Å². The van der Waals surface area contributed by atoms with E-state index in [-0.39, 0.29) is 17.8 Å². The molecule has 3 nitrogen and oxygen atoms in total. The van der Waals surface area contributed by atoms with Gasteiger partial charge in [0.2, 0.25) is 0 Å². The van der Waals surface area contributed by atoms with Crippen LogP contribution in [-0.2, 0) is 4.79 Å². The van der Waals surface area contributed by atoms with Crippen LogP contribution in [0.3, 0.4) is 0 Å². The molecule has 0 fully saturated rings. The molecule has 1 aromatic carbocycles. The molecule has 4 heteroatoms. The molecule has 1 heterocycles. The molecule has 0 amide bonds. The summed E-state index contributed by atoms with van der Waals surface area (Å²) in [6.07, 6.45) is 5.25. The number of H-pyrrole nitrogens is 1. The van der Waals surface area contributed by atoms with Crippen LogP contribution in [0.1, 0.15) is 19.4 Å². The highest BCUT2D eigenvalue weighted by atomic mass is 35.5. The number of ketones is 1.